The largest absolute Gasteiger partial charge is 0.355 e. The number of rotatable bonds is 4. The van der Waals surface area contributed by atoms with Gasteiger partial charge in [0.1, 0.15) is 0 Å². The third-order valence-corrected chi connectivity index (χ3v) is 6.93. The zero-order valence-corrected chi connectivity index (χ0v) is 14.8. The molecular formula is C19H23Cl2NO. The van der Waals surface area contributed by atoms with E-state index in [9.17, 15) is 4.79 Å². The second kappa shape index (κ2) is 5.97. The summed E-state index contributed by atoms with van der Waals surface area (Å²) in [6.45, 7) is 0.831. The van der Waals surface area contributed by atoms with Crippen LogP contribution in [0.3, 0.4) is 0 Å². The maximum Gasteiger partial charge on any atom is 0.224 e. The lowest BCUT2D eigenvalue weighted by Gasteiger charge is -2.56. The van der Waals surface area contributed by atoms with E-state index in [0.717, 1.165) is 29.9 Å². The summed E-state index contributed by atoms with van der Waals surface area (Å²) in [6.07, 6.45) is 8.50. The highest BCUT2D eigenvalue weighted by atomic mass is 35.5. The highest BCUT2D eigenvalue weighted by molar-refractivity contribution is 6.36. The van der Waals surface area contributed by atoms with Gasteiger partial charge in [0, 0.05) is 16.6 Å². The van der Waals surface area contributed by atoms with Crippen LogP contribution in [-0.4, -0.2) is 12.5 Å². The summed E-state index contributed by atoms with van der Waals surface area (Å²) in [4.78, 5) is 12.4. The fourth-order valence-corrected chi connectivity index (χ4v) is 6.25. The van der Waals surface area contributed by atoms with Crippen molar-refractivity contribution in [1.82, 2.24) is 5.32 Å². The van der Waals surface area contributed by atoms with Gasteiger partial charge in [0.25, 0.3) is 0 Å². The van der Waals surface area contributed by atoms with E-state index in [1.54, 1.807) is 12.1 Å². The molecule has 0 radical (unpaired) electrons. The fraction of sp³-hybridized carbons (Fsp3) is 0.632. The Hall–Kier alpha value is -0.730. The Morgan fingerprint density at radius 2 is 1.57 bits per heavy atom. The van der Waals surface area contributed by atoms with E-state index in [1.165, 1.54) is 38.5 Å². The van der Waals surface area contributed by atoms with Crippen molar-refractivity contribution in [2.45, 2.75) is 44.9 Å². The number of carbonyl (C=O) groups excluding carboxylic acids is 1. The van der Waals surface area contributed by atoms with Gasteiger partial charge in [-0.3, -0.25) is 4.79 Å². The molecule has 1 aromatic rings. The molecule has 4 aliphatic carbocycles. The fourth-order valence-electron chi connectivity index (χ4n) is 5.72. The minimum absolute atomic E-state index is 0.0377. The third-order valence-electron chi connectivity index (χ3n) is 6.22. The van der Waals surface area contributed by atoms with Crippen LogP contribution in [0.15, 0.2) is 18.2 Å². The van der Waals surface area contributed by atoms with Crippen LogP contribution >= 0.6 is 23.2 Å². The van der Waals surface area contributed by atoms with E-state index in [0.29, 0.717) is 15.5 Å². The number of hydrogen-bond donors (Lipinski definition) is 1. The minimum Gasteiger partial charge on any atom is -0.355 e. The van der Waals surface area contributed by atoms with Crippen LogP contribution in [0.4, 0.5) is 0 Å². The third kappa shape index (κ3) is 3.13. The lowest BCUT2D eigenvalue weighted by Crippen LogP contribution is -2.51. The smallest absolute Gasteiger partial charge is 0.224 e. The topological polar surface area (TPSA) is 29.1 Å². The predicted octanol–water partition coefficient (Wildman–Crippen LogP) is 4.87. The Labute approximate surface area is 147 Å². The van der Waals surface area contributed by atoms with E-state index in [1.807, 2.05) is 6.07 Å². The zero-order valence-electron chi connectivity index (χ0n) is 13.3. The number of halogens is 2. The number of benzene rings is 1. The highest BCUT2D eigenvalue weighted by Crippen LogP contribution is 2.59. The predicted molar refractivity (Wildman–Crippen MR) is 93.8 cm³/mol. The first kappa shape index (κ1) is 15.8. The van der Waals surface area contributed by atoms with E-state index in [4.69, 9.17) is 23.2 Å². The molecule has 0 heterocycles. The van der Waals surface area contributed by atoms with Gasteiger partial charge in [0.05, 0.1) is 6.42 Å². The van der Waals surface area contributed by atoms with Gasteiger partial charge in [0.2, 0.25) is 5.91 Å². The van der Waals surface area contributed by atoms with Gasteiger partial charge in [-0.2, -0.15) is 0 Å². The van der Waals surface area contributed by atoms with Gasteiger partial charge < -0.3 is 5.32 Å². The quantitative estimate of drug-likeness (QED) is 0.823. The van der Waals surface area contributed by atoms with Crippen molar-refractivity contribution >= 4 is 29.1 Å². The molecule has 4 fully saturated rings. The lowest BCUT2D eigenvalue weighted by atomic mass is 9.49. The van der Waals surface area contributed by atoms with Gasteiger partial charge in [-0.25, -0.2) is 0 Å². The number of carbonyl (C=O) groups is 1. The molecule has 23 heavy (non-hydrogen) atoms. The van der Waals surface area contributed by atoms with Crippen molar-refractivity contribution in [3.8, 4) is 0 Å². The maximum absolute atomic E-state index is 12.4. The number of hydrogen-bond acceptors (Lipinski definition) is 1. The van der Waals surface area contributed by atoms with E-state index in [2.05, 4.69) is 5.32 Å². The van der Waals surface area contributed by atoms with Crippen LogP contribution < -0.4 is 5.32 Å². The molecule has 4 bridgehead atoms. The monoisotopic (exact) mass is 351 g/mol. The molecule has 4 aliphatic rings. The van der Waals surface area contributed by atoms with Crippen LogP contribution in [0.2, 0.25) is 10.0 Å². The van der Waals surface area contributed by atoms with Crippen molar-refractivity contribution in [3.63, 3.8) is 0 Å². The molecule has 4 heteroatoms. The van der Waals surface area contributed by atoms with Crippen molar-refractivity contribution in [2.75, 3.05) is 6.54 Å². The summed E-state index contributed by atoms with van der Waals surface area (Å²) in [6, 6.07) is 5.38. The van der Waals surface area contributed by atoms with Gasteiger partial charge >= 0.3 is 0 Å². The summed E-state index contributed by atoms with van der Waals surface area (Å²) in [7, 11) is 0. The molecule has 1 N–H and O–H groups in total. The number of nitrogens with one attached hydrogen (secondary N) is 1. The molecule has 5 rings (SSSR count). The second-order valence-corrected chi connectivity index (χ2v) is 8.89. The van der Waals surface area contributed by atoms with Crippen molar-refractivity contribution in [3.05, 3.63) is 33.8 Å². The first-order valence-electron chi connectivity index (χ1n) is 8.73. The SMILES string of the molecule is O=C(Cc1c(Cl)cccc1Cl)NCC12CC3CC(CC(C3)C1)C2. The average Bonchev–Trinajstić information content (AvgIpc) is 2.48. The van der Waals surface area contributed by atoms with Crippen molar-refractivity contribution < 1.29 is 4.79 Å². The Morgan fingerprint density at radius 3 is 2.09 bits per heavy atom. The first-order chi connectivity index (χ1) is 11.0. The van der Waals surface area contributed by atoms with Crippen LogP contribution in [-0.2, 0) is 11.2 Å². The molecule has 0 aliphatic heterocycles. The molecule has 2 nitrogen and oxygen atoms in total. The summed E-state index contributed by atoms with van der Waals surface area (Å²) < 4.78 is 0. The molecule has 4 saturated carbocycles. The maximum atomic E-state index is 12.4. The van der Waals surface area contributed by atoms with Crippen molar-refractivity contribution in [1.29, 1.82) is 0 Å². The molecule has 0 atom stereocenters. The van der Waals surface area contributed by atoms with E-state index < -0.39 is 0 Å². The Bertz CT molecular complexity index is 572. The minimum atomic E-state index is 0.0377. The highest BCUT2D eigenvalue weighted by Gasteiger charge is 2.50. The van der Waals surface area contributed by atoms with Crippen LogP contribution in [0, 0.1) is 23.2 Å². The van der Waals surface area contributed by atoms with E-state index >= 15 is 0 Å². The Kier molecular flexibility index (Phi) is 4.09. The summed E-state index contributed by atoms with van der Waals surface area (Å²) >= 11 is 12.3. The number of amides is 1. The lowest BCUT2D eigenvalue weighted by molar-refractivity contribution is -0.122. The Balaban J connectivity index is 1.39. The first-order valence-corrected chi connectivity index (χ1v) is 9.48. The summed E-state index contributed by atoms with van der Waals surface area (Å²) in [5.74, 6) is 2.78. The van der Waals surface area contributed by atoms with Crippen molar-refractivity contribution in [2.24, 2.45) is 23.2 Å². The van der Waals surface area contributed by atoms with E-state index in [-0.39, 0.29) is 12.3 Å². The van der Waals surface area contributed by atoms with Gasteiger partial charge in [-0.1, -0.05) is 29.3 Å². The van der Waals surface area contributed by atoms with Crippen LogP contribution in [0.5, 0.6) is 0 Å². The molecule has 124 valence electrons. The van der Waals surface area contributed by atoms with Gasteiger partial charge in [0.15, 0.2) is 0 Å². The molecule has 1 aromatic carbocycles. The molecule has 0 spiro atoms. The molecule has 0 unspecified atom stereocenters. The summed E-state index contributed by atoms with van der Waals surface area (Å²) in [5, 5.41) is 4.33. The normalized spacial score (nSPS) is 34.6. The second-order valence-electron chi connectivity index (χ2n) is 8.07. The molecule has 1 amide bonds. The van der Waals surface area contributed by atoms with Crippen LogP contribution in [0.1, 0.15) is 44.1 Å². The molecular weight excluding hydrogens is 329 g/mol. The summed E-state index contributed by atoms with van der Waals surface area (Å²) in [5.41, 5.74) is 1.10. The zero-order chi connectivity index (χ0) is 16.0. The average molecular weight is 352 g/mol. The standard InChI is InChI=1S/C19H23Cl2NO/c20-16-2-1-3-17(21)15(16)7-18(23)22-11-19-8-12-4-13(9-19)6-14(5-12)10-19/h1-3,12-14H,4-11H2,(H,22,23). The van der Waals surface area contributed by atoms with Gasteiger partial charge in [-0.05, 0) is 79.4 Å². The Morgan fingerprint density at radius 1 is 1.04 bits per heavy atom. The van der Waals surface area contributed by atoms with Gasteiger partial charge in [-0.15, -0.1) is 0 Å². The molecule has 0 saturated heterocycles. The molecule has 0 aromatic heterocycles. The van der Waals surface area contributed by atoms with Crippen LogP contribution in [0.25, 0.3) is 0 Å².